The first kappa shape index (κ1) is 17.4. The van der Waals surface area contributed by atoms with E-state index < -0.39 is 23.0 Å². The van der Waals surface area contributed by atoms with Crippen LogP contribution < -0.4 is 11.1 Å². The van der Waals surface area contributed by atoms with Gasteiger partial charge in [0, 0.05) is 10.6 Å². The molecule has 0 saturated heterocycles. The van der Waals surface area contributed by atoms with Crippen molar-refractivity contribution >= 4 is 45.5 Å². The topological polar surface area (TPSA) is 68.0 Å². The summed E-state index contributed by atoms with van der Waals surface area (Å²) in [5.74, 6) is -2.75. The number of nitrogens with two attached hydrogens (primary N) is 1. The van der Waals surface area contributed by atoms with Crippen LogP contribution in [0.1, 0.15) is 15.2 Å². The largest absolute Gasteiger partial charge is 0.382 e. The smallest absolute Gasteiger partial charge is 0.212 e. The predicted octanol–water partition coefficient (Wildman–Crippen LogP) is 4.70. The number of nitrogen functional groups attached to an aromatic ring is 1. The third-order valence-corrected chi connectivity index (χ3v) is 5.08. The lowest BCUT2D eigenvalue weighted by Gasteiger charge is -2.04. The third kappa shape index (κ3) is 3.64. The number of carbonyl (C=O) groups excluding carboxylic acids is 1. The van der Waals surface area contributed by atoms with Gasteiger partial charge in [-0.3, -0.25) is 4.79 Å². The first-order chi connectivity index (χ1) is 12.0. The van der Waals surface area contributed by atoms with Crippen molar-refractivity contribution in [3.05, 3.63) is 64.5 Å². The van der Waals surface area contributed by atoms with Crippen LogP contribution in [-0.2, 0) is 0 Å². The summed E-state index contributed by atoms with van der Waals surface area (Å²) < 4.78 is 27.6. The van der Waals surface area contributed by atoms with Gasteiger partial charge in [-0.15, -0.1) is 11.8 Å². The Kier molecular flexibility index (Phi) is 5.00. The van der Waals surface area contributed by atoms with Gasteiger partial charge in [-0.2, -0.15) is 0 Å². The molecule has 0 aliphatic heterocycles. The lowest BCUT2D eigenvalue weighted by atomic mass is 10.1. The van der Waals surface area contributed by atoms with E-state index in [0.29, 0.717) is 5.13 Å². The van der Waals surface area contributed by atoms with Gasteiger partial charge in [0.15, 0.2) is 5.13 Å². The second kappa shape index (κ2) is 7.20. The van der Waals surface area contributed by atoms with Crippen LogP contribution >= 0.6 is 23.1 Å². The number of hydrogen-bond acceptors (Lipinski definition) is 6. The summed E-state index contributed by atoms with van der Waals surface area (Å²) in [7, 11) is 0. The summed E-state index contributed by atoms with van der Waals surface area (Å²) in [6.45, 7) is 0. The number of nitrogens with zero attached hydrogens (tertiary/aromatic N) is 1. The molecule has 1 aromatic heterocycles. The minimum absolute atomic E-state index is 0.00692. The molecule has 8 heteroatoms. The van der Waals surface area contributed by atoms with E-state index in [0.717, 1.165) is 34.1 Å². The molecule has 3 rings (SSSR count). The van der Waals surface area contributed by atoms with E-state index in [4.69, 9.17) is 5.73 Å². The Bertz CT molecular complexity index is 923. The first-order valence-electron chi connectivity index (χ1n) is 7.15. The molecule has 0 atom stereocenters. The highest BCUT2D eigenvalue weighted by molar-refractivity contribution is 7.98. The van der Waals surface area contributed by atoms with Gasteiger partial charge in [0.05, 0.1) is 5.56 Å². The van der Waals surface area contributed by atoms with Crippen molar-refractivity contribution in [3.8, 4) is 0 Å². The number of benzene rings is 2. The van der Waals surface area contributed by atoms with Crippen LogP contribution in [0.4, 0.5) is 25.4 Å². The van der Waals surface area contributed by atoms with Gasteiger partial charge in [-0.05, 0) is 36.6 Å². The Hall–Kier alpha value is -2.45. The number of carbonyl (C=O) groups is 1. The number of thioether (sulfide) groups is 1. The van der Waals surface area contributed by atoms with Crippen LogP contribution in [0.25, 0.3) is 0 Å². The highest BCUT2D eigenvalue weighted by Crippen LogP contribution is 2.31. The first-order valence-corrected chi connectivity index (χ1v) is 9.20. The fourth-order valence-corrected chi connectivity index (χ4v) is 3.51. The highest BCUT2D eigenvalue weighted by atomic mass is 32.2. The predicted molar refractivity (Wildman–Crippen MR) is 97.8 cm³/mol. The van der Waals surface area contributed by atoms with Crippen LogP contribution in [0.15, 0.2) is 47.4 Å². The van der Waals surface area contributed by atoms with Crippen molar-refractivity contribution in [3.63, 3.8) is 0 Å². The molecule has 25 heavy (non-hydrogen) atoms. The maximum Gasteiger partial charge on any atom is 0.212 e. The van der Waals surface area contributed by atoms with Crippen LogP contribution in [0.3, 0.4) is 0 Å². The second-order valence-electron chi connectivity index (χ2n) is 5.02. The molecule has 128 valence electrons. The van der Waals surface area contributed by atoms with Gasteiger partial charge in [0.2, 0.25) is 5.78 Å². The Morgan fingerprint density at radius 3 is 2.56 bits per heavy atom. The monoisotopic (exact) mass is 377 g/mol. The fraction of sp³-hybridized carbons (Fsp3) is 0.0588. The summed E-state index contributed by atoms with van der Waals surface area (Å²) in [5.41, 5.74) is 5.92. The maximum absolute atomic E-state index is 13.8. The molecule has 0 radical (unpaired) electrons. The van der Waals surface area contributed by atoms with Crippen molar-refractivity contribution in [2.45, 2.75) is 4.90 Å². The van der Waals surface area contributed by atoms with Crippen LogP contribution in [0.5, 0.6) is 0 Å². The van der Waals surface area contributed by atoms with Crippen molar-refractivity contribution in [1.82, 2.24) is 4.98 Å². The second-order valence-corrected chi connectivity index (χ2v) is 6.89. The Morgan fingerprint density at radius 1 is 1.20 bits per heavy atom. The summed E-state index contributed by atoms with van der Waals surface area (Å²) in [6, 6.07) is 10.9. The molecule has 2 aromatic carbocycles. The Labute approximate surface area is 151 Å². The molecule has 3 N–H and O–H groups in total. The van der Waals surface area contributed by atoms with Gasteiger partial charge in [0.25, 0.3) is 0 Å². The van der Waals surface area contributed by atoms with Gasteiger partial charge in [-0.1, -0.05) is 23.5 Å². The van der Waals surface area contributed by atoms with Crippen molar-refractivity contribution in [2.24, 2.45) is 0 Å². The minimum atomic E-state index is -0.931. The van der Waals surface area contributed by atoms with E-state index in [1.54, 1.807) is 11.8 Å². The molecule has 0 amide bonds. The van der Waals surface area contributed by atoms with Crippen molar-refractivity contribution in [1.29, 1.82) is 0 Å². The van der Waals surface area contributed by atoms with E-state index in [-0.39, 0.29) is 10.7 Å². The number of thiazole rings is 1. The summed E-state index contributed by atoms with van der Waals surface area (Å²) in [4.78, 5) is 17.6. The standard InChI is InChI=1S/C17H13F2N3OS2/c1-24-10-5-2-4-9(8-10)21-17-22-16(20)15(25-17)14(23)13-11(18)6-3-7-12(13)19/h2-8H,20H2,1H3,(H,21,22). The van der Waals surface area contributed by atoms with Crippen LogP contribution in [-0.4, -0.2) is 17.0 Å². The van der Waals surface area contributed by atoms with Crippen LogP contribution in [0, 0.1) is 11.6 Å². The molecular weight excluding hydrogens is 364 g/mol. The minimum Gasteiger partial charge on any atom is -0.382 e. The SMILES string of the molecule is CSc1cccc(Nc2nc(N)c(C(=O)c3c(F)cccc3F)s2)c1. The highest BCUT2D eigenvalue weighted by Gasteiger charge is 2.24. The summed E-state index contributed by atoms with van der Waals surface area (Å²) in [5, 5.41) is 3.42. The molecule has 4 nitrogen and oxygen atoms in total. The lowest BCUT2D eigenvalue weighted by Crippen LogP contribution is -2.07. The molecular formula is C17H13F2N3OS2. The van der Waals surface area contributed by atoms with Gasteiger partial charge >= 0.3 is 0 Å². The van der Waals surface area contributed by atoms with Crippen molar-refractivity contribution in [2.75, 3.05) is 17.3 Å². The maximum atomic E-state index is 13.8. The molecule has 0 aliphatic carbocycles. The molecule has 0 unspecified atom stereocenters. The molecule has 1 heterocycles. The zero-order valence-electron chi connectivity index (χ0n) is 13.0. The van der Waals surface area contributed by atoms with Gasteiger partial charge < -0.3 is 11.1 Å². The molecule has 3 aromatic rings. The Morgan fingerprint density at radius 2 is 1.88 bits per heavy atom. The van der Waals surface area contributed by atoms with Crippen molar-refractivity contribution < 1.29 is 13.6 Å². The van der Waals surface area contributed by atoms with E-state index in [2.05, 4.69) is 10.3 Å². The molecule has 0 bridgehead atoms. The molecule has 0 spiro atoms. The number of ketones is 1. The number of nitrogens with one attached hydrogen (secondary N) is 1. The summed E-state index contributed by atoms with van der Waals surface area (Å²) in [6.07, 6.45) is 1.96. The lowest BCUT2D eigenvalue weighted by molar-refractivity contribution is 0.103. The van der Waals surface area contributed by atoms with E-state index >= 15 is 0 Å². The van der Waals surface area contributed by atoms with Gasteiger partial charge in [-0.25, -0.2) is 13.8 Å². The van der Waals surface area contributed by atoms with E-state index in [9.17, 15) is 13.6 Å². The number of hydrogen-bond donors (Lipinski definition) is 2. The quantitative estimate of drug-likeness (QED) is 0.498. The van der Waals surface area contributed by atoms with E-state index in [1.165, 1.54) is 6.07 Å². The fourth-order valence-electron chi connectivity index (χ4n) is 2.20. The molecule has 0 saturated carbocycles. The van der Waals surface area contributed by atoms with Crippen LogP contribution in [0.2, 0.25) is 0 Å². The third-order valence-electron chi connectivity index (χ3n) is 3.37. The number of rotatable bonds is 5. The molecule has 0 fully saturated rings. The average Bonchev–Trinajstić information content (AvgIpc) is 2.95. The summed E-state index contributed by atoms with van der Waals surface area (Å²) >= 11 is 2.54. The number of anilines is 3. The number of halogens is 2. The molecule has 0 aliphatic rings. The van der Waals surface area contributed by atoms with E-state index in [1.807, 2.05) is 30.5 Å². The van der Waals surface area contributed by atoms with Gasteiger partial charge in [0.1, 0.15) is 22.3 Å². The zero-order chi connectivity index (χ0) is 18.0. The zero-order valence-corrected chi connectivity index (χ0v) is 14.7. The normalized spacial score (nSPS) is 10.7. The Balaban J connectivity index is 1.91. The number of aromatic nitrogens is 1. The average molecular weight is 377 g/mol.